The third-order valence-corrected chi connectivity index (χ3v) is 6.86. The third kappa shape index (κ3) is 5.39. The van der Waals surface area contributed by atoms with Gasteiger partial charge in [0.05, 0.1) is 17.0 Å². The molecule has 0 saturated carbocycles. The molecule has 4 rings (SSSR count). The highest BCUT2D eigenvalue weighted by atomic mass is 35.5. The number of nitro benzene ring substituents is 1. The van der Waals surface area contributed by atoms with Gasteiger partial charge in [-0.15, -0.1) is 0 Å². The first-order chi connectivity index (χ1) is 16.8. The monoisotopic (exact) mass is 515 g/mol. The van der Waals surface area contributed by atoms with Gasteiger partial charge in [-0.05, 0) is 68.5 Å². The van der Waals surface area contributed by atoms with Crippen molar-refractivity contribution in [3.8, 4) is 0 Å². The third-order valence-electron chi connectivity index (χ3n) is 6.29. The molecule has 1 aliphatic heterocycles. The Labute approximate surface area is 212 Å². The van der Waals surface area contributed by atoms with E-state index in [-0.39, 0.29) is 23.6 Å². The highest BCUT2D eigenvalue weighted by molar-refractivity contribution is 6.33. The number of halogens is 2. The lowest BCUT2D eigenvalue weighted by atomic mass is 9.96. The van der Waals surface area contributed by atoms with Crippen LogP contribution in [-0.2, 0) is 9.59 Å². The van der Waals surface area contributed by atoms with Crippen molar-refractivity contribution in [2.24, 2.45) is 0 Å². The van der Waals surface area contributed by atoms with Crippen LogP contribution in [0.4, 0.5) is 11.4 Å². The van der Waals surface area contributed by atoms with E-state index in [0.717, 1.165) is 36.6 Å². The number of carbonyl (C=O) groups is 3. The molecule has 182 valence electrons. The van der Waals surface area contributed by atoms with Crippen LogP contribution in [0.15, 0.2) is 54.1 Å². The number of carbonyl (C=O) groups excluding carboxylic acids is 3. The van der Waals surface area contributed by atoms with Crippen molar-refractivity contribution >= 4 is 52.3 Å². The quantitative estimate of drug-likeness (QED) is 0.207. The summed E-state index contributed by atoms with van der Waals surface area (Å²) in [5, 5.41) is 11.7. The van der Waals surface area contributed by atoms with E-state index in [1.165, 1.54) is 22.6 Å². The molecule has 1 fully saturated rings. The number of hydrogen-bond acceptors (Lipinski definition) is 5. The molecule has 2 aromatic carbocycles. The maximum Gasteiger partial charge on any atom is 0.288 e. The Bertz CT molecular complexity index is 1210. The van der Waals surface area contributed by atoms with Crippen molar-refractivity contribution in [2.45, 2.75) is 44.6 Å². The lowest BCUT2D eigenvalue weighted by Crippen LogP contribution is -2.46. The van der Waals surface area contributed by atoms with Crippen molar-refractivity contribution < 1.29 is 19.3 Å². The molecule has 1 atom stereocenters. The largest absolute Gasteiger partial charge is 0.326 e. The Morgan fingerprint density at radius 1 is 1.11 bits per heavy atom. The zero-order valence-corrected chi connectivity index (χ0v) is 20.3. The van der Waals surface area contributed by atoms with Gasteiger partial charge < -0.3 is 4.90 Å². The molecule has 0 N–H and O–H groups in total. The fraction of sp³-hybridized carbons (Fsp3) is 0.320. The summed E-state index contributed by atoms with van der Waals surface area (Å²) in [5.74, 6) is -1.52. The second-order valence-corrected chi connectivity index (χ2v) is 9.39. The summed E-state index contributed by atoms with van der Waals surface area (Å²) in [7, 11) is 0. The fourth-order valence-corrected chi connectivity index (χ4v) is 4.78. The Hall–Kier alpha value is -3.23. The number of rotatable bonds is 7. The Balaban J connectivity index is 1.65. The number of hydrogen-bond donors (Lipinski definition) is 0. The first-order valence-electron chi connectivity index (χ1n) is 11.3. The molecule has 2 aromatic rings. The lowest BCUT2D eigenvalue weighted by Gasteiger charge is -2.28. The van der Waals surface area contributed by atoms with Crippen molar-refractivity contribution in [3.63, 3.8) is 0 Å². The summed E-state index contributed by atoms with van der Waals surface area (Å²) in [5.41, 5.74) is 1.20. The second-order valence-electron chi connectivity index (χ2n) is 8.54. The molecule has 0 bridgehead atoms. The van der Waals surface area contributed by atoms with Crippen LogP contribution in [0.25, 0.3) is 0 Å². The fourth-order valence-electron chi connectivity index (χ4n) is 4.47. The van der Waals surface area contributed by atoms with Crippen LogP contribution in [0, 0.1) is 10.1 Å². The van der Waals surface area contributed by atoms with Crippen LogP contribution >= 0.6 is 23.2 Å². The molecular formula is C25H23Cl2N3O5. The van der Waals surface area contributed by atoms with E-state index in [9.17, 15) is 24.5 Å². The van der Waals surface area contributed by atoms with Crippen LogP contribution in [0.5, 0.6) is 0 Å². The van der Waals surface area contributed by atoms with E-state index < -0.39 is 34.4 Å². The van der Waals surface area contributed by atoms with Crippen molar-refractivity contribution in [1.82, 2.24) is 4.90 Å². The molecule has 10 heteroatoms. The minimum atomic E-state index is -1.02. The van der Waals surface area contributed by atoms with E-state index in [2.05, 4.69) is 6.08 Å². The standard InChI is InChI=1S/C25H23Cl2N3O5/c26-18-7-9-19(10-8-18)29-23(31)15-22(25(29)33)28(13-12-16-4-2-1-3-5-16)24(32)17-6-11-20(27)21(14-17)30(34)35/h4,6-11,14,22H,1-3,5,12-13,15H2. The van der Waals surface area contributed by atoms with Gasteiger partial charge in [0, 0.05) is 23.2 Å². The molecule has 3 amide bonds. The Morgan fingerprint density at radius 2 is 1.86 bits per heavy atom. The predicted octanol–water partition coefficient (Wildman–Crippen LogP) is 5.57. The average molecular weight is 516 g/mol. The molecule has 1 aliphatic carbocycles. The molecule has 1 heterocycles. The molecular weight excluding hydrogens is 493 g/mol. The van der Waals surface area contributed by atoms with Crippen LogP contribution in [-0.4, -0.2) is 40.1 Å². The maximum atomic E-state index is 13.6. The lowest BCUT2D eigenvalue weighted by molar-refractivity contribution is -0.384. The number of imide groups is 1. The smallest absolute Gasteiger partial charge is 0.288 e. The SMILES string of the molecule is O=C1CC(N(CCC2=CCCCC2)C(=O)c2ccc(Cl)c([N+](=O)[O-])c2)C(=O)N1c1ccc(Cl)cc1. The van der Waals surface area contributed by atoms with Gasteiger partial charge in [0.15, 0.2) is 0 Å². The van der Waals surface area contributed by atoms with Gasteiger partial charge in [0.25, 0.3) is 17.5 Å². The number of allylic oxidation sites excluding steroid dienone is 1. The van der Waals surface area contributed by atoms with Crippen LogP contribution in [0.1, 0.15) is 48.9 Å². The molecule has 2 aliphatic rings. The minimum absolute atomic E-state index is 0.0314. The summed E-state index contributed by atoms with van der Waals surface area (Å²) >= 11 is 11.9. The first-order valence-corrected chi connectivity index (χ1v) is 12.1. The highest BCUT2D eigenvalue weighted by Gasteiger charge is 2.44. The minimum Gasteiger partial charge on any atom is -0.326 e. The molecule has 1 unspecified atom stereocenters. The normalized spacial score (nSPS) is 17.9. The highest BCUT2D eigenvalue weighted by Crippen LogP contribution is 2.31. The van der Waals surface area contributed by atoms with E-state index in [1.54, 1.807) is 24.3 Å². The van der Waals surface area contributed by atoms with E-state index in [0.29, 0.717) is 17.1 Å². The van der Waals surface area contributed by atoms with E-state index in [1.807, 2.05) is 0 Å². The van der Waals surface area contributed by atoms with Crippen LogP contribution < -0.4 is 4.90 Å². The number of anilines is 1. The summed E-state index contributed by atoms with van der Waals surface area (Å²) in [6.45, 7) is 0.208. The van der Waals surface area contributed by atoms with Crippen LogP contribution in [0.2, 0.25) is 10.0 Å². The summed E-state index contributed by atoms with van der Waals surface area (Å²) in [6.07, 6.45) is 6.60. The van der Waals surface area contributed by atoms with E-state index in [4.69, 9.17) is 23.2 Å². The molecule has 0 radical (unpaired) electrons. The van der Waals surface area contributed by atoms with Gasteiger partial charge in [0.1, 0.15) is 11.1 Å². The number of benzene rings is 2. The van der Waals surface area contributed by atoms with Crippen molar-refractivity contribution in [1.29, 1.82) is 0 Å². The maximum absolute atomic E-state index is 13.6. The van der Waals surface area contributed by atoms with Crippen molar-refractivity contribution in [3.05, 3.63) is 79.8 Å². The predicted molar refractivity (Wildman–Crippen MR) is 133 cm³/mol. The van der Waals surface area contributed by atoms with E-state index >= 15 is 0 Å². The van der Waals surface area contributed by atoms with Gasteiger partial charge >= 0.3 is 0 Å². The van der Waals surface area contributed by atoms with Crippen molar-refractivity contribution in [2.75, 3.05) is 11.4 Å². The first kappa shape index (κ1) is 24.9. The molecule has 0 aromatic heterocycles. The summed E-state index contributed by atoms with van der Waals surface area (Å²) < 4.78 is 0. The summed E-state index contributed by atoms with van der Waals surface area (Å²) in [6, 6.07) is 9.07. The molecule has 0 spiro atoms. The van der Waals surface area contributed by atoms with Gasteiger partial charge in [-0.2, -0.15) is 0 Å². The zero-order valence-electron chi connectivity index (χ0n) is 18.8. The topological polar surface area (TPSA) is 101 Å². The summed E-state index contributed by atoms with van der Waals surface area (Å²) in [4.78, 5) is 52.9. The Morgan fingerprint density at radius 3 is 2.51 bits per heavy atom. The number of nitro groups is 1. The van der Waals surface area contributed by atoms with Gasteiger partial charge in [0.2, 0.25) is 5.91 Å². The van der Waals surface area contributed by atoms with Crippen LogP contribution in [0.3, 0.4) is 0 Å². The molecule has 35 heavy (non-hydrogen) atoms. The zero-order chi connectivity index (χ0) is 25.1. The van der Waals surface area contributed by atoms with Gasteiger partial charge in [-0.1, -0.05) is 34.9 Å². The molecule has 8 nitrogen and oxygen atoms in total. The number of nitrogens with zero attached hydrogens (tertiary/aromatic N) is 3. The number of amides is 3. The molecule has 1 saturated heterocycles. The Kier molecular flexibility index (Phi) is 7.52. The average Bonchev–Trinajstić information content (AvgIpc) is 3.14. The second kappa shape index (κ2) is 10.6. The van der Waals surface area contributed by atoms with Gasteiger partial charge in [-0.25, -0.2) is 4.90 Å². The van der Waals surface area contributed by atoms with Gasteiger partial charge in [-0.3, -0.25) is 24.5 Å².